The fraction of sp³-hybridized carbons (Fsp3) is 0.727. The van der Waals surface area contributed by atoms with E-state index in [0.717, 1.165) is 0 Å². The number of amides is 3. The number of carbonyl (C=O) groups excluding carboxylic acids is 2. The lowest BCUT2D eigenvalue weighted by Gasteiger charge is -2.22. The van der Waals surface area contributed by atoms with Crippen LogP contribution in [0, 0.1) is 0 Å². The van der Waals surface area contributed by atoms with E-state index in [1.165, 1.54) is 9.80 Å². The number of urea groups is 1. The highest BCUT2D eigenvalue weighted by Gasteiger charge is 2.33. The van der Waals surface area contributed by atoms with Gasteiger partial charge in [-0.3, -0.25) is 4.79 Å². The zero-order valence-electron chi connectivity index (χ0n) is 10.7. The summed E-state index contributed by atoms with van der Waals surface area (Å²) in [6, 6.07) is -1.26. The molecule has 1 aliphatic rings. The third-order valence-electron chi connectivity index (χ3n) is 3.09. The molecule has 0 aromatic rings. The second kappa shape index (κ2) is 6.23. The maximum Gasteiger partial charge on any atom is 0.326 e. The van der Waals surface area contributed by atoms with Crippen LogP contribution >= 0.6 is 0 Å². The largest absolute Gasteiger partial charge is 0.480 e. The summed E-state index contributed by atoms with van der Waals surface area (Å²) in [4.78, 5) is 36.9. The van der Waals surface area contributed by atoms with Gasteiger partial charge in [0.1, 0.15) is 6.04 Å². The van der Waals surface area contributed by atoms with Crippen molar-refractivity contribution >= 4 is 17.9 Å². The summed E-state index contributed by atoms with van der Waals surface area (Å²) < 4.78 is 0. The second-order valence-electron chi connectivity index (χ2n) is 4.26. The lowest BCUT2D eigenvalue weighted by atomic mass is 10.2. The molecule has 0 aromatic heterocycles. The molecule has 102 valence electrons. The van der Waals surface area contributed by atoms with Gasteiger partial charge < -0.3 is 20.2 Å². The van der Waals surface area contributed by atoms with Gasteiger partial charge in [-0.1, -0.05) is 0 Å². The van der Waals surface area contributed by atoms with Crippen LogP contribution in [0.2, 0.25) is 0 Å². The lowest BCUT2D eigenvalue weighted by Crippen LogP contribution is -2.48. The molecule has 7 nitrogen and oxygen atoms in total. The average molecular weight is 257 g/mol. The molecule has 0 aromatic carbocycles. The Morgan fingerprint density at radius 3 is 2.67 bits per heavy atom. The van der Waals surface area contributed by atoms with Crippen molar-refractivity contribution in [2.24, 2.45) is 0 Å². The predicted molar refractivity (Wildman–Crippen MR) is 64.1 cm³/mol. The number of rotatable bonds is 4. The Morgan fingerprint density at radius 1 is 1.44 bits per heavy atom. The molecule has 0 unspecified atom stereocenters. The Morgan fingerprint density at radius 2 is 2.11 bits per heavy atom. The quantitative estimate of drug-likeness (QED) is 0.725. The van der Waals surface area contributed by atoms with Crippen LogP contribution < -0.4 is 5.32 Å². The summed E-state index contributed by atoms with van der Waals surface area (Å²) in [7, 11) is 1.64. The topological polar surface area (TPSA) is 90.0 Å². The van der Waals surface area contributed by atoms with E-state index in [9.17, 15) is 14.4 Å². The average Bonchev–Trinajstić information content (AvgIpc) is 2.83. The Balaban J connectivity index is 2.46. The van der Waals surface area contributed by atoms with Crippen LogP contribution in [0.15, 0.2) is 0 Å². The SMILES string of the molecule is CCN(C)C(=O)CNC(=O)N1CCC[C@@H]1C(=O)O. The van der Waals surface area contributed by atoms with E-state index < -0.39 is 18.0 Å². The van der Waals surface area contributed by atoms with Crippen LogP contribution in [-0.2, 0) is 9.59 Å². The Labute approximate surface area is 106 Å². The standard InChI is InChI=1S/C11H19N3O4/c1-3-13(2)9(15)7-12-11(18)14-6-4-5-8(14)10(16)17/h8H,3-7H2,1-2H3,(H,12,18)(H,16,17)/t8-/m1/s1. The van der Waals surface area contributed by atoms with Gasteiger partial charge in [0.15, 0.2) is 0 Å². The van der Waals surface area contributed by atoms with Crippen molar-refractivity contribution in [2.45, 2.75) is 25.8 Å². The third kappa shape index (κ3) is 3.35. The van der Waals surface area contributed by atoms with Crippen molar-refractivity contribution in [3.05, 3.63) is 0 Å². The molecule has 0 spiro atoms. The van der Waals surface area contributed by atoms with Crippen molar-refractivity contribution in [1.29, 1.82) is 0 Å². The molecule has 0 radical (unpaired) electrons. The van der Waals surface area contributed by atoms with Gasteiger partial charge in [-0.15, -0.1) is 0 Å². The summed E-state index contributed by atoms with van der Waals surface area (Å²) in [6.45, 7) is 2.71. The van der Waals surface area contributed by atoms with Crippen LogP contribution in [0.4, 0.5) is 4.79 Å². The number of aliphatic carboxylic acids is 1. The first-order valence-corrected chi connectivity index (χ1v) is 5.98. The summed E-state index contributed by atoms with van der Waals surface area (Å²) in [5, 5.41) is 11.4. The minimum atomic E-state index is -1.00. The fourth-order valence-electron chi connectivity index (χ4n) is 1.83. The molecule has 18 heavy (non-hydrogen) atoms. The maximum atomic E-state index is 11.8. The van der Waals surface area contributed by atoms with E-state index in [-0.39, 0.29) is 12.5 Å². The zero-order chi connectivity index (χ0) is 13.7. The van der Waals surface area contributed by atoms with E-state index in [0.29, 0.717) is 25.9 Å². The minimum Gasteiger partial charge on any atom is -0.480 e. The molecule has 1 atom stereocenters. The van der Waals surface area contributed by atoms with E-state index >= 15 is 0 Å². The van der Waals surface area contributed by atoms with Crippen LogP contribution in [0.3, 0.4) is 0 Å². The van der Waals surface area contributed by atoms with Crippen molar-refractivity contribution < 1.29 is 19.5 Å². The molecule has 0 aliphatic carbocycles. The molecule has 3 amide bonds. The number of hydrogen-bond donors (Lipinski definition) is 2. The lowest BCUT2D eigenvalue weighted by molar-refractivity contribution is -0.141. The number of nitrogens with one attached hydrogen (secondary N) is 1. The van der Waals surface area contributed by atoms with Crippen molar-refractivity contribution in [3.8, 4) is 0 Å². The van der Waals surface area contributed by atoms with Gasteiger partial charge in [-0.25, -0.2) is 9.59 Å². The number of hydrogen-bond acceptors (Lipinski definition) is 3. The number of likely N-dealkylation sites (tertiary alicyclic amines) is 1. The first kappa shape index (κ1) is 14.3. The molecule has 1 rings (SSSR count). The number of carbonyl (C=O) groups is 3. The van der Waals surface area contributed by atoms with Gasteiger partial charge in [0.25, 0.3) is 0 Å². The Bertz CT molecular complexity index is 345. The number of nitrogens with zero attached hydrogens (tertiary/aromatic N) is 2. The Kier molecular flexibility index (Phi) is 4.94. The van der Waals surface area contributed by atoms with Gasteiger partial charge >= 0.3 is 12.0 Å². The molecule has 0 saturated carbocycles. The smallest absolute Gasteiger partial charge is 0.326 e. The highest BCUT2D eigenvalue weighted by molar-refractivity contribution is 5.87. The predicted octanol–water partition coefficient (Wildman–Crippen LogP) is -0.277. The molecule has 1 fully saturated rings. The van der Waals surface area contributed by atoms with Crippen molar-refractivity contribution in [1.82, 2.24) is 15.1 Å². The van der Waals surface area contributed by atoms with Gasteiger partial charge in [0.2, 0.25) is 5.91 Å². The molecule has 7 heteroatoms. The fourth-order valence-corrected chi connectivity index (χ4v) is 1.83. The molecule has 1 saturated heterocycles. The first-order valence-electron chi connectivity index (χ1n) is 5.98. The van der Waals surface area contributed by atoms with E-state index in [1.807, 2.05) is 6.92 Å². The summed E-state index contributed by atoms with van der Waals surface area (Å²) in [5.74, 6) is -1.20. The molecular weight excluding hydrogens is 238 g/mol. The van der Waals surface area contributed by atoms with Gasteiger partial charge in [-0.2, -0.15) is 0 Å². The van der Waals surface area contributed by atoms with Crippen LogP contribution in [0.5, 0.6) is 0 Å². The van der Waals surface area contributed by atoms with Crippen LogP contribution in [0.25, 0.3) is 0 Å². The molecule has 1 aliphatic heterocycles. The zero-order valence-corrected chi connectivity index (χ0v) is 10.7. The van der Waals surface area contributed by atoms with E-state index in [1.54, 1.807) is 7.05 Å². The highest BCUT2D eigenvalue weighted by Crippen LogP contribution is 2.17. The number of carboxylic acid groups (broad SMARTS) is 1. The summed E-state index contributed by atoms with van der Waals surface area (Å²) in [5.41, 5.74) is 0. The monoisotopic (exact) mass is 257 g/mol. The van der Waals surface area contributed by atoms with Gasteiger partial charge in [0.05, 0.1) is 6.54 Å². The number of likely N-dealkylation sites (N-methyl/N-ethyl adjacent to an activating group) is 1. The van der Waals surface area contributed by atoms with Crippen molar-refractivity contribution in [2.75, 3.05) is 26.7 Å². The summed E-state index contributed by atoms with van der Waals surface area (Å²) >= 11 is 0. The molecule has 0 bridgehead atoms. The molecular formula is C11H19N3O4. The third-order valence-corrected chi connectivity index (χ3v) is 3.09. The maximum absolute atomic E-state index is 11.8. The summed E-state index contributed by atoms with van der Waals surface area (Å²) in [6.07, 6.45) is 1.14. The van der Waals surface area contributed by atoms with Crippen molar-refractivity contribution in [3.63, 3.8) is 0 Å². The van der Waals surface area contributed by atoms with Gasteiger partial charge in [-0.05, 0) is 19.8 Å². The number of carboxylic acids is 1. The normalized spacial score (nSPS) is 18.6. The minimum absolute atomic E-state index is 0.105. The van der Waals surface area contributed by atoms with Crippen LogP contribution in [0.1, 0.15) is 19.8 Å². The van der Waals surface area contributed by atoms with E-state index in [2.05, 4.69) is 5.32 Å². The van der Waals surface area contributed by atoms with Gasteiger partial charge in [0, 0.05) is 20.1 Å². The Hall–Kier alpha value is -1.79. The molecule has 2 N–H and O–H groups in total. The molecule has 1 heterocycles. The second-order valence-corrected chi connectivity index (χ2v) is 4.26. The first-order chi connectivity index (χ1) is 8.47. The van der Waals surface area contributed by atoms with Crippen LogP contribution in [-0.4, -0.2) is 65.5 Å². The van der Waals surface area contributed by atoms with E-state index in [4.69, 9.17) is 5.11 Å². The highest BCUT2D eigenvalue weighted by atomic mass is 16.4.